The van der Waals surface area contributed by atoms with Gasteiger partial charge in [0.25, 0.3) is 0 Å². The lowest BCUT2D eigenvalue weighted by atomic mass is 10.2. The Labute approximate surface area is 126 Å². The van der Waals surface area contributed by atoms with Crippen LogP contribution in [0.3, 0.4) is 0 Å². The van der Waals surface area contributed by atoms with E-state index < -0.39 is 11.6 Å². The topological polar surface area (TPSA) is 33.3 Å². The lowest BCUT2D eigenvalue weighted by Crippen LogP contribution is -2.28. The van der Waals surface area contributed by atoms with E-state index in [1.54, 1.807) is 7.11 Å². The highest BCUT2D eigenvalue weighted by molar-refractivity contribution is 7.80. The third kappa shape index (κ3) is 3.88. The first kappa shape index (κ1) is 15.2. The number of benzene rings is 2. The molecule has 2 aromatic carbocycles. The van der Waals surface area contributed by atoms with Gasteiger partial charge in [0.15, 0.2) is 5.11 Å². The summed E-state index contributed by atoms with van der Waals surface area (Å²) in [5, 5.41) is 5.53. The molecule has 0 fully saturated rings. The maximum atomic E-state index is 13.5. The van der Waals surface area contributed by atoms with Gasteiger partial charge >= 0.3 is 0 Å². The van der Waals surface area contributed by atoms with Gasteiger partial charge in [-0.05, 0) is 30.4 Å². The van der Waals surface area contributed by atoms with Crippen molar-refractivity contribution >= 4 is 23.0 Å². The van der Waals surface area contributed by atoms with Crippen molar-refractivity contribution in [1.82, 2.24) is 5.32 Å². The molecule has 2 N–H and O–H groups in total. The quantitative estimate of drug-likeness (QED) is 0.848. The fraction of sp³-hybridized carbons (Fsp3) is 0.133. The molecule has 0 unspecified atom stereocenters. The van der Waals surface area contributed by atoms with Crippen LogP contribution >= 0.6 is 12.2 Å². The minimum Gasteiger partial charge on any atom is -0.496 e. The van der Waals surface area contributed by atoms with Gasteiger partial charge in [-0.1, -0.05) is 24.3 Å². The Morgan fingerprint density at radius 2 is 1.76 bits per heavy atom. The number of hydrogen-bond donors (Lipinski definition) is 2. The molecule has 0 saturated heterocycles. The molecule has 2 aromatic rings. The van der Waals surface area contributed by atoms with Crippen LogP contribution in [-0.4, -0.2) is 12.2 Å². The van der Waals surface area contributed by atoms with Gasteiger partial charge in [0.1, 0.15) is 23.1 Å². The number of anilines is 1. The molecule has 0 aromatic heterocycles. The average molecular weight is 308 g/mol. The summed E-state index contributed by atoms with van der Waals surface area (Å²) in [5.41, 5.74) is 0.619. The minimum absolute atomic E-state index is 0.130. The van der Waals surface area contributed by atoms with E-state index in [-0.39, 0.29) is 10.8 Å². The molecule has 0 bridgehead atoms. The number of methoxy groups -OCH3 is 1. The van der Waals surface area contributed by atoms with Gasteiger partial charge in [-0.25, -0.2) is 8.78 Å². The van der Waals surface area contributed by atoms with Crippen molar-refractivity contribution in [3.63, 3.8) is 0 Å². The van der Waals surface area contributed by atoms with Crippen molar-refractivity contribution in [3.05, 3.63) is 59.7 Å². The van der Waals surface area contributed by atoms with E-state index in [1.165, 1.54) is 6.07 Å². The Kier molecular flexibility index (Phi) is 5.05. The molecule has 21 heavy (non-hydrogen) atoms. The van der Waals surface area contributed by atoms with E-state index in [4.69, 9.17) is 17.0 Å². The van der Waals surface area contributed by atoms with Gasteiger partial charge in [0.05, 0.1) is 7.11 Å². The number of nitrogens with one attached hydrogen (secondary N) is 2. The summed E-state index contributed by atoms with van der Waals surface area (Å²) < 4.78 is 32.2. The molecule has 2 rings (SSSR count). The zero-order valence-electron chi connectivity index (χ0n) is 11.3. The first-order valence-electron chi connectivity index (χ1n) is 6.22. The normalized spacial score (nSPS) is 10.0. The second-order valence-corrected chi connectivity index (χ2v) is 4.62. The summed E-state index contributed by atoms with van der Waals surface area (Å²) in [6.45, 7) is 0.381. The zero-order chi connectivity index (χ0) is 15.2. The molecule has 110 valence electrons. The van der Waals surface area contributed by atoms with Crippen LogP contribution in [0.5, 0.6) is 5.75 Å². The van der Waals surface area contributed by atoms with Crippen molar-refractivity contribution in [1.29, 1.82) is 0 Å². The van der Waals surface area contributed by atoms with Crippen molar-refractivity contribution < 1.29 is 13.5 Å². The predicted octanol–water partition coefficient (Wildman–Crippen LogP) is 3.46. The van der Waals surface area contributed by atoms with Crippen LogP contribution in [0.25, 0.3) is 0 Å². The van der Waals surface area contributed by atoms with E-state index in [2.05, 4.69) is 10.6 Å². The minimum atomic E-state index is -0.698. The molecule has 0 heterocycles. The summed E-state index contributed by atoms with van der Waals surface area (Å²) in [7, 11) is 1.57. The molecule has 3 nitrogen and oxygen atoms in total. The molecule has 0 amide bonds. The van der Waals surface area contributed by atoms with Gasteiger partial charge in [-0.15, -0.1) is 0 Å². The molecular formula is C15H14F2N2OS. The standard InChI is InChI=1S/C15H14F2N2OS/c1-20-13-8-3-2-5-10(13)9-18-15(21)19-14-11(16)6-4-7-12(14)17/h2-8H,9H2,1H3,(H2,18,19,21). The van der Waals surface area contributed by atoms with Crippen LogP contribution in [0.15, 0.2) is 42.5 Å². The van der Waals surface area contributed by atoms with E-state index >= 15 is 0 Å². The zero-order valence-corrected chi connectivity index (χ0v) is 12.1. The molecule has 0 aliphatic heterocycles. The molecule has 0 aliphatic carbocycles. The molecular weight excluding hydrogens is 294 g/mol. The summed E-state index contributed by atoms with van der Waals surface area (Å²) in [4.78, 5) is 0. The van der Waals surface area contributed by atoms with Crippen molar-refractivity contribution in [3.8, 4) is 5.75 Å². The van der Waals surface area contributed by atoms with Crippen LogP contribution in [0.1, 0.15) is 5.56 Å². The Bertz CT molecular complexity index is 629. The van der Waals surface area contributed by atoms with Crippen LogP contribution in [-0.2, 0) is 6.54 Å². The second kappa shape index (κ2) is 6.99. The van der Waals surface area contributed by atoms with Crippen LogP contribution < -0.4 is 15.4 Å². The number of ether oxygens (including phenoxy) is 1. The Balaban J connectivity index is 1.99. The van der Waals surface area contributed by atoms with Crippen LogP contribution in [0.2, 0.25) is 0 Å². The fourth-order valence-corrected chi connectivity index (χ4v) is 1.97. The van der Waals surface area contributed by atoms with Gasteiger partial charge < -0.3 is 15.4 Å². The predicted molar refractivity (Wildman–Crippen MR) is 82.4 cm³/mol. The SMILES string of the molecule is COc1ccccc1CNC(=S)Nc1c(F)cccc1F. The number of hydrogen-bond acceptors (Lipinski definition) is 2. The molecule has 0 atom stereocenters. The summed E-state index contributed by atoms with van der Waals surface area (Å²) >= 11 is 5.04. The summed E-state index contributed by atoms with van der Waals surface area (Å²) in [6.07, 6.45) is 0. The van der Waals surface area contributed by atoms with Crippen LogP contribution in [0, 0.1) is 11.6 Å². The second-order valence-electron chi connectivity index (χ2n) is 4.22. The highest BCUT2D eigenvalue weighted by atomic mass is 32.1. The molecule has 0 radical (unpaired) electrons. The molecule has 0 spiro atoms. The number of halogens is 2. The molecule has 0 saturated carbocycles. The largest absolute Gasteiger partial charge is 0.496 e. The smallest absolute Gasteiger partial charge is 0.171 e. The number of rotatable bonds is 4. The first-order valence-corrected chi connectivity index (χ1v) is 6.63. The first-order chi connectivity index (χ1) is 10.1. The monoisotopic (exact) mass is 308 g/mol. The number of thiocarbonyl (C=S) groups is 1. The van der Waals surface area contributed by atoms with Gasteiger partial charge in [0.2, 0.25) is 0 Å². The fourth-order valence-electron chi connectivity index (χ4n) is 1.80. The third-order valence-corrected chi connectivity index (χ3v) is 3.08. The summed E-state index contributed by atoms with van der Waals surface area (Å²) in [6, 6.07) is 11.0. The number of para-hydroxylation sites is 2. The molecule has 0 aliphatic rings. The third-order valence-electron chi connectivity index (χ3n) is 2.83. The van der Waals surface area contributed by atoms with E-state index in [0.29, 0.717) is 12.3 Å². The average Bonchev–Trinajstić information content (AvgIpc) is 2.49. The van der Waals surface area contributed by atoms with E-state index in [0.717, 1.165) is 17.7 Å². The lowest BCUT2D eigenvalue weighted by Gasteiger charge is -2.13. The summed E-state index contributed by atoms with van der Waals surface area (Å²) in [5.74, 6) is -0.683. The highest BCUT2D eigenvalue weighted by Gasteiger charge is 2.10. The van der Waals surface area contributed by atoms with Crippen molar-refractivity contribution in [2.45, 2.75) is 6.54 Å². The van der Waals surface area contributed by atoms with Gasteiger partial charge in [0, 0.05) is 12.1 Å². The Morgan fingerprint density at radius 3 is 2.43 bits per heavy atom. The van der Waals surface area contributed by atoms with Crippen molar-refractivity contribution in [2.75, 3.05) is 12.4 Å². The van der Waals surface area contributed by atoms with E-state index in [9.17, 15) is 8.78 Å². The Morgan fingerprint density at radius 1 is 1.10 bits per heavy atom. The van der Waals surface area contributed by atoms with E-state index in [1.807, 2.05) is 24.3 Å². The Hall–Kier alpha value is -2.21. The van der Waals surface area contributed by atoms with Gasteiger partial charge in [-0.3, -0.25) is 0 Å². The molecule has 6 heteroatoms. The maximum Gasteiger partial charge on any atom is 0.171 e. The van der Waals surface area contributed by atoms with Crippen molar-refractivity contribution in [2.24, 2.45) is 0 Å². The van der Waals surface area contributed by atoms with Crippen LogP contribution in [0.4, 0.5) is 14.5 Å². The van der Waals surface area contributed by atoms with Gasteiger partial charge in [-0.2, -0.15) is 0 Å². The maximum absolute atomic E-state index is 13.5. The highest BCUT2D eigenvalue weighted by Crippen LogP contribution is 2.19. The lowest BCUT2D eigenvalue weighted by molar-refractivity contribution is 0.409.